The highest BCUT2D eigenvalue weighted by Gasteiger charge is 2.09. The summed E-state index contributed by atoms with van der Waals surface area (Å²) in [6.07, 6.45) is 4.56. The maximum Gasteiger partial charge on any atom is 0.250 e. The van der Waals surface area contributed by atoms with E-state index < -0.39 is 5.91 Å². The van der Waals surface area contributed by atoms with E-state index in [1.807, 2.05) is 12.3 Å². The monoisotopic (exact) mass is 306 g/mol. The fourth-order valence-corrected chi connectivity index (χ4v) is 2.06. The topological polar surface area (TPSA) is 90.0 Å². The lowest BCUT2D eigenvalue weighted by atomic mass is 10.2. The Morgan fingerprint density at radius 2 is 2.19 bits per heavy atom. The number of nitrogens with one attached hydrogen (secondary N) is 1. The summed E-state index contributed by atoms with van der Waals surface area (Å²) in [6, 6.07) is 6.45. The maximum atomic E-state index is 11.8. The van der Waals surface area contributed by atoms with Gasteiger partial charge in [-0.05, 0) is 30.7 Å². The van der Waals surface area contributed by atoms with E-state index in [9.17, 15) is 9.59 Å². The molecule has 0 spiro atoms. The SMILES string of the molecule is NC(=O)c1cc(NC(=O)CCCn2cccn2)ccc1Cl. The minimum atomic E-state index is -0.630. The zero-order valence-corrected chi connectivity index (χ0v) is 12.0. The van der Waals surface area contributed by atoms with Crippen molar-refractivity contribution in [3.8, 4) is 0 Å². The number of primary amides is 1. The van der Waals surface area contributed by atoms with Gasteiger partial charge in [0.2, 0.25) is 11.8 Å². The molecule has 0 bridgehead atoms. The summed E-state index contributed by atoms with van der Waals surface area (Å²) < 4.78 is 1.76. The lowest BCUT2D eigenvalue weighted by Gasteiger charge is -2.07. The maximum absolute atomic E-state index is 11.8. The van der Waals surface area contributed by atoms with Gasteiger partial charge in [0, 0.05) is 31.0 Å². The number of carbonyl (C=O) groups is 2. The number of halogens is 1. The molecule has 0 aliphatic rings. The van der Waals surface area contributed by atoms with Gasteiger partial charge in [0.05, 0.1) is 10.6 Å². The summed E-state index contributed by atoms with van der Waals surface area (Å²) in [6.45, 7) is 0.674. The highest BCUT2D eigenvalue weighted by atomic mass is 35.5. The Hall–Kier alpha value is -2.34. The number of nitrogens with two attached hydrogens (primary N) is 1. The summed E-state index contributed by atoms with van der Waals surface area (Å²) in [4.78, 5) is 23.0. The lowest BCUT2D eigenvalue weighted by molar-refractivity contribution is -0.116. The van der Waals surface area contributed by atoms with E-state index in [2.05, 4.69) is 10.4 Å². The van der Waals surface area contributed by atoms with Gasteiger partial charge >= 0.3 is 0 Å². The molecule has 1 aromatic carbocycles. The fraction of sp³-hybridized carbons (Fsp3) is 0.214. The lowest BCUT2D eigenvalue weighted by Crippen LogP contribution is -2.15. The first-order valence-electron chi connectivity index (χ1n) is 6.43. The molecular weight excluding hydrogens is 292 g/mol. The molecule has 0 fully saturated rings. The van der Waals surface area contributed by atoms with Crippen LogP contribution in [0.3, 0.4) is 0 Å². The van der Waals surface area contributed by atoms with Crippen molar-refractivity contribution in [2.45, 2.75) is 19.4 Å². The van der Waals surface area contributed by atoms with Crippen LogP contribution in [0.15, 0.2) is 36.7 Å². The molecule has 6 nitrogen and oxygen atoms in total. The molecule has 0 saturated carbocycles. The molecule has 2 rings (SSSR count). The van der Waals surface area contributed by atoms with E-state index in [-0.39, 0.29) is 16.5 Å². The molecule has 21 heavy (non-hydrogen) atoms. The number of aromatic nitrogens is 2. The first kappa shape index (κ1) is 15.1. The zero-order valence-electron chi connectivity index (χ0n) is 11.3. The Morgan fingerprint density at radius 3 is 2.86 bits per heavy atom. The average Bonchev–Trinajstić information content (AvgIpc) is 2.94. The van der Waals surface area contributed by atoms with E-state index in [4.69, 9.17) is 17.3 Å². The van der Waals surface area contributed by atoms with Crippen LogP contribution in [0.5, 0.6) is 0 Å². The molecule has 110 valence electrons. The van der Waals surface area contributed by atoms with Gasteiger partial charge in [-0.1, -0.05) is 11.6 Å². The fourth-order valence-electron chi connectivity index (χ4n) is 1.85. The number of benzene rings is 1. The summed E-state index contributed by atoms with van der Waals surface area (Å²) in [5.74, 6) is -0.769. The van der Waals surface area contributed by atoms with E-state index in [1.54, 1.807) is 16.9 Å². The Labute approximate surface area is 126 Å². The van der Waals surface area contributed by atoms with Gasteiger partial charge in [0.15, 0.2) is 0 Å². The quantitative estimate of drug-likeness (QED) is 0.856. The van der Waals surface area contributed by atoms with Crippen LogP contribution in [-0.4, -0.2) is 21.6 Å². The van der Waals surface area contributed by atoms with E-state index in [0.29, 0.717) is 25.1 Å². The van der Waals surface area contributed by atoms with E-state index in [1.165, 1.54) is 12.1 Å². The summed E-state index contributed by atoms with van der Waals surface area (Å²) in [5.41, 5.74) is 5.89. The number of nitrogens with zero attached hydrogens (tertiary/aromatic N) is 2. The van der Waals surface area contributed by atoms with Crippen LogP contribution in [-0.2, 0) is 11.3 Å². The van der Waals surface area contributed by atoms with Gasteiger partial charge in [-0.3, -0.25) is 14.3 Å². The van der Waals surface area contributed by atoms with Crippen molar-refractivity contribution in [3.63, 3.8) is 0 Å². The molecular formula is C14H15ClN4O2. The number of hydrogen-bond acceptors (Lipinski definition) is 3. The highest BCUT2D eigenvalue weighted by molar-refractivity contribution is 6.33. The molecule has 3 N–H and O–H groups in total. The molecule has 2 aromatic rings. The standard InChI is InChI=1S/C14H15ClN4O2/c15-12-5-4-10(9-11(12)14(16)21)18-13(20)3-1-7-19-8-2-6-17-19/h2,4-6,8-9H,1,3,7H2,(H2,16,21)(H,18,20). The predicted octanol–water partition coefficient (Wildman–Crippen LogP) is 2.05. The molecule has 2 amide bonds. The number of carbonyl (C=O) groups excluding carboxylic acids is 2. The Kier molecular flexibility index (Phi) is 4.94. The van der Waals surface area contributed by atoms with Crippen LogP contribution in [0.25, 0.3) is 0 Å². The van der Waals surface area contributed by atoms with Crippen molar-refractivity contribution in [2.24, 2.45) is 5.73 Å². The zero-order chi connectivity index (χ0) is 15.2. The van der Waals surface area contributed by atoms with Crippen LogP contribution in [0.1, 0.15) is 23.2 Å². The Balaban J connectivity index is 1.87. The number of hydrogen-bond donors (Lipinski definition) is 2. The molecule has 0 radical (unpaired) electrons. The first-order valence-corrected chi connectivity index (χ1v) is 6.80. The van der Waals surface area contributed by atoms with Crippen LogP contribution in [0.2, 0.25) is 5.02 Å². The van der Waals surface area contributed by atoms with Gasteiger partial charge < -0.3 is 11.1 Å². The molecule has 1 heterocycles. The molecule has 0 saturated heterocycles. The third kappa shape index (κ3) is 4.32. The second-order valence-corrected chi connectivity index (χ2v) is 4.89. The number of aryl methyl sites for hydroxylation is 1. The van der Waals surface area contributed by atoms with Crippen molar-refractivity contribution in [1.29, 1.82) is 0 Å². The Bertz CT molecular complexity index is 640. The van der Waals surface area contributed by atoms with Gasteiger partial charge in [-0.15, -0.1) is 0 Å². The number of amides is 2. The molecule has 0 aliphatic carbocycles. The minimum Gasteiger partial charge on any atom is -0.366 e. The number of rotatable bonds is 6. The molecule has 0 aliphatic heterocycles. The van der Waals surface area contributed by atoms with Gasteiger partial charge in [0.1, 0.15) is 0 Å². The van der Waals surface area contributed by atoms with Crippen LogP contribution in [0, 0.1) is 0 Å². The van der Waals surface area contributed by atoms with Crippen molar-refractivity contribution < 1.29 is 9.59 Å². The second kappa shape index (κ2) is 6.90. The first-order chi connectivity index (χ1) is 10.1. The molecule has 0 atom stereocenters. The van der Waals surface area contributed by atoms with Gasteiger partial charge in [0.25, 0.3) is 0 Å². The van der Waals surface area contributed by atoms with Crippen molar-refractivity contribution in [3.05, 3.63) is 47.2 Å². The van der Waals surface area contributed by atoms with Crippen LogP contribution >= 0.6 is 11.6 Å². The number of anilines is 1. The normalized spacial score (nSPS) is 10.3. The Morgan fingerprint density at radius 1 is 1.38 bits per heavy atom. The van der Waals surface area contributed by atoms with Gasteiger partial charge in [-0.2, -0.15) is 5.10 Å². The van der Waals surface area contributed by atoms with Crippen molar-refractivity contribution in [2.75, 3.05) is 5.32 Å². The van der Waals surface area contributed by atoms with Crippen molar-refractivity contribution in [1.82, 2.24) is 9.78 Å². The summed E-state index contributed by atoms with van der Waals surface area (Å²) >= 11 is 5.85. The predicted molar refractivity (Wildman–Crippen MR) is 80.1 cm³/mol. The molecule has 0 unspecified atom stereocenters. The molecule has 7 heteroatoms. The van der Waals surface area contributed by atoms with Gasteiger partial charge in [-0.25, -0.2) is 0 Å². The largest absolute Gasteiger partial charge is 0.366 e. The minimum absolute atomic E-state index is 0.139. The van der Waals surface area contributed by atoms with E-state index in [0.717, 1.165) is 0 Å². The summed E-state index contributed by atoms with van der Waals surface area (Å²) in [7, 11) is 0. The second-order valence-electron chi connectivity index (χ2n) is 4.48. The molecule has 1 aromatic heterocycles. The highest BCUT2D eigenvalue weighted by Crippen LogP contribution is 2.20. The average molecular weight is 307 g/mol. The van der Waals surface area contributed by atoms with Crippen molar-refractivity contribution >= 4 is 29.1 Å². The third-order valence-corrected chi connectivity index (χ3v) is 3.20. The van der Waals surface area contributed by atoms with Crippen LogP contribution in [0.4, 0.5) is 5.69 Å². The summed E-state index contributed by atoms with van der Waals surface area (Å²) in [5, 5.41) is 7.03. The third-order valence-electron chi connectivity index (χ3n) is 2.87. The smallest absolute Gasteiger partial charge is 0.250 e. The van der Waals surface area contributed by atoms with E-state index >= 15 is 0 Å². The van der Waals surface area contributed by atoms with Crippen LogP contribution < -0.4 is 11.1 Å².